The summed E-state index contributed by atoms with van der Waals surface area (Å²) < 4.78 is 2.73. The van der Waals surface area contributed by atoms with Gasteiger partial charge in [-0.2, -0.15) is 0 Å². The van der Waals surface area contributed by atoms with Crippen molar-refractivity contribution < 1.29 is 0 Å². The van der Waals surface area contributed by atoms with E-state index in [2.05, 4.69) is 98.8 Å². The van der Waals surface area contributed by atoms with Crippen molar-refractivity contribution in [1.82, 2.24) is 0 Å². The summed E-state index contributed by atoms with van der Waals surface area (Å²) in [4.78, 5) is 0. The number of rotatable bonds is 8. The smallest absolute Gasteiger partial charge is 0.0355 e. The Hall–Kier alpha value is -2.90. The summed E-state index contributed by atoms with van der Waals surface area (Å²) >= 11 is 1.90. The number of fused-ring (bicyclic) bond motifs is 3. The Morgan fingerprint density at radius 1 is 0.515 bits per heavy atom. The first-order chi connectivity index (χ1) is 16.2. The van der Waals surface area contributed by atoms with Crippen molar-refractivity contribution in [2.45, 2.75) is 52.4 Å². The largest absolute Gasteiger partial charge is 0.135 e. The summed E-state index contributed by atoms with van der Waals surface area (Å²) in [7, 11) is 0. The van der Waals surface area contributed by atoms with Gasteiger partial charge in [-0.1, -0.05) is 87.4 Å². The zero-order valence-electron chi connectivity index (χ0n) is 19.7. The van der Waals surface area contributed by atoms with E-state index < -0.39 is 0 Å². The van der Waals surface area contributed by atoms with E-state index in [1.807, 2.05) is 11.3 Å². The molecular weight excluding hydrogens is 416 g/mol. The molecule has 0 amide bonds. The molecule has 0 bridgehead atoms. The van der Waals surface area contributed by atoms with Crippen LogP contribution < -0.4 is 0 Å². The third-order valence-electron chi connectivity index (χ3n) is 6.63. The van der Waals surface area contributed by atoms with E-state index in [0.29, 0.717) is 0 Å². The van der Waals surface area contributed by atoms with E-state index >= 15 is 0 Å². The molecule has 5 aromatic rings. The normalized spacial score (nSPS) is 11.5. The molecule has 166 valence electrons. The minimum atomic E-state index is 1.16. The predicted octanol–water partition coefficient (Wildman–Crippen LogP) is 10.1. The lowest BCUT2D eigenvalue weighted by molar-refractivity contribution is 0.795. The molecule has 1 heterocycles. The topological polar surface area (TPSA) is 0 Å². The molecule has 0 spiro atoms. The maximum atomic E-state index is 2.40. The second-order valence-electron chi connectivity index (χ2n) is 9.13. The zero-order valence-corrected chi connectivity index (χ0v) is 20.6. The Bertz CT molecular complexity index is 1280. The predicted molar refractivity (Wildman–Crippen MR) is 147 cm³/mol. The Kier molecular flexibility index (Phi) is 6.60. The SMILES string of the molecule is CCCCc1cccc(-c2ccc3sc4ccc(-c5cccc(CCCC)c5)cc4c3c2)c1. The lowest BCUT2D eigenvalue weighted by atomic mass is 9.97. The number of thiophene rings is 1. The molecule has 33 heavy (non-hydrogen) atoms. The minimum absolute atomic E-state index is 1.16. The van der Waals surface area contributed by atoms with Crippen molar-refractivity contribution >= 4 is 31.5 Å². The number of unbranched alkanes of at least 4 members (excludes halogenated alkanes) is 2. The van der Waals surface area contributed by atoms with E-state index in [4.69, 9.17) is 0 Å². The van der Waals surface area contributed by atoms with E-state index in [9.17, 15) is 0 Å². The molecule has 0 saturated heterocycles. The monoisotopic (exact) mass is 448 g/mol. The van der Waals surface area contributed by atoms with Crippen LogP contribution in [0.2, 0.25) is 0 Å². The van der Waals surface area contributed by atoms with Gasteiger partial charge < -0.3 is 0 Å². The number of aryl methyl sites for hydroxylation is 2. The molecule has 0 fully saturated rings. The molecule has 1 aromatic heterocycles. The van der Waals surface area contributed by atoms with Gasteiger partial charge in [-0.3, -0.25) is 0 Å². The van der Waals surface area contributed by atoms with Crippen molar-refractivity contribution in [2.75, 3.05) is 0 Å². The molecular formula is C32H32S. The fourth-order valence-electron chi connectivity index (χ4n) is 4.71. The van der Waals surface area contributed by atoms with Crippen LogP contribution in [0.5, 0.6) is 0 Å². The lowest BCUT2D eigenvalue weighted by Crippen LogP contribution is -1.86. The van der Waals surface area contributed by atoms with Gasteiger partial charge in [-0.15, -0.1) is 11.3 Å². The lowest BCUT2D eigenvalue weighted by Gasteiger charge is -2.07. The Morgan fingerprint density at radius 3 is 1.42 bits per heavy atom. The fraction of sp³-hybridized carbons (Fsp3) is 0.250. The molecule has 0 unspecified atom stereocenters. The highest BCUT2D eigenvalue weighted by Crippen LogP contribution is 2.38. The number of benzene rings is 4. The summed E-state index contributed by atoms with van der Waals surface area (Å²) in [6.07, 6.45) is 7.30. The molecule has 1 heteroatoms. The van der Waals surface area contributed by atoms with Gasteiger partial charge in [-0.25, -0.2) is 0 Å². The maximum Gasteiger partial charge on any atom is 0.0355 e. The Balaban J connectivity index is 1.55. The first-order valence-corrected chi connectivity index (χ1v) is 13.2. The highest BCUT2D eigenvalue weighted by Gasteiger charge is 2.10. The molecule has 0 N–H and O–H groups in total. The van der Waals surface area contributed by atoms with E-state index in [-0.39, 0.29) is 0 Å². The van der Waals surface area contributed by atoms with E-state index in [1.54, 1.807) is 0 Å². The highest BCUT2D eigenvalue weighted by molar-refractivity contribution is 7.25. The van der Waals surface area contributed by atoms with Gasteiger partial charge >= 0.3 is 0 Å². The van der Waals surface area contributed by atoms with E-state index in [0.717, 1.165) is 12.8 Å². The maximum absolute atomic E-state index is 2.40. The van der Waals surface area contributed by atoms with Gasteiger partial charge in [0.1, 0.15) is 0 Å². The van der Waals surface area contributed by atoms with Crippen LogP contribution in [0.3, 0.4) is 0 Å². The van der Waals surface area contributed by atoms with Gasteiger partial charge in [0.15, 0.2) is 0 Å². The molecule has 5 rings (SSSR count). The summed E-state index contributed by atoms with van der Waals surface area (Å²) in [6, 6.07) is 32.2. The number of hydrogen-bond donors (Lipinski definition) is 0. The zero-order chi connectivity index (χ0) is 22.6. The Morgan fingerprint density at radius 2 is 0.970 bits per heavy atom. The van der Waals surface area contributed by atoms with Crippen LogP contribution in [0.15, 0.2) is 84.9 Å². The van der Waals surface area contributed by atoms with Crippen LogP contribution in [0, 0.1) is 0 Å². The summed E-state index contributed by atoms with van der Waals surface area (Å²) in [6.45, 7) is 4.52. The van der Waals surface area contributed by atoms with Crippen molar-refractivity contribution in [3.05, 3.63) is 96.1 Å². The second-order valence-corrected chi connectivity index (χ2v) is 10.2. The van der Waals surface area contributed by atoms with Gasteiger partial charge in [-0.05, 0) is 83.3 Å². The quantitative estimate of drug-likeness (QED) is 0.221. The molecule has 0 aliphatic carbocycles. The third kappa shape index (κ3) is 4.75. The van der Waals surface area contributed by atoms with E-state index in [1.165, 1.54) is 79.2 Å². The van der Waals surface area contributed by atoms with Crippen LogP contribution in [0.25, 0.3) is 42.4 Å². The highest BCUT2D eigenvalue weighted by atomic mass is 32.1. The first-order valence-electron chi connectivity index (χ1n) is 12.4. The van der Waals surface area contributed by atoms with Gasteiger partial charge in [0, 0.05) is 20.2 Å². The van der Waals surface area contributed by atoms with Gasteiger partial charge in [0.05, 0.1) is 0 Å². The fourth-order valence-corrected chi connectivity index (χ4v) is 5.78. The third-order valence-corrected chi connectivity index (χ3v) is 7.78. The molecule has 0 atom stereocenters. The molecule has 4 aromatic carbocycles. The van der Waals surface area contributed by atoms with Crippen LogP contribution in [-0.2, 0) is 12.8 Å². The molecule has 0 aliphatic heterocycles. The minimum Gasteiger partial charge on any atom is -0.135 e. The molecule has 0 saturated carbocycles. The first kappa shape index (κ1) is 21.9. The average Bonchev–Trinajstić information content (AvgIpc) is 3.23. The van der Waals surface area contributed by atoms with Crippen LogP contribution in [0.1, 0.15) is 50.7 Å². The molecule has 0 aliphatic rings. The van der Waals surface area contributed by atoms with Crippen LogP contribution in [0.4, 0.5) is 0 Å². The summed E-state index contributed by atoms with van der Waals surface area (Å²) in [5.74, 6) is 0. The number of hydrogen-bond acceptors (Lipinski definition) is 1. The standard InChI is InChI=1S/C32H32S/c1-3-5-9-23-11-7-13-25(19-23)27-15-17-31-29(21-27)30-22-28(16-18-32(30)33-31)26-14-8-12-24(20-26)10-6-4-2/h7-8,11-22H,3-6,9-10H2,1-2H3. The average molecular weight is 449 g/mol. The van der Waals surface area contributed by atoms with Gasteiger partial charge in [0.2, 0.25) is 0 Å². The van der Waals surface area contributed by atoms with Gasteiger partial charge in [0.25, 0.3) is 0 Å². The van der Waals surface area contributed by atoms with Crippen molar-refractivity contribution in [3.8, 4) is 22.3 Å². The van der Waals surface area contributed by atoms with Crippen molar-refractivity contribution in [2.24, 2.45) is 0 Å². The second kappa shape index (κ2) is 9.93. The summed E-state index contributed by atoms with van der Waals surface area (Å²) in [5.41, 5.74) is 8.15. The summed E-state index contributed by atoms with van der Waals surface area (Å²) in [5, 5.41) is 2.74. The Labute approximate surface area is 201 Å². The van der Waals surface area contributed by atoms with Crippen molar-refractivity contribution in [1.29, 1.82) is 0 Å². The molecule has 0 radical (unpaired) electrons. The van der Waals surface area contributed by atoms with Crippen LogP contribution in [-0.4, -0.2) is 0 Å². The molecule has 0 nitrogen and oxygen atoms in total. The van der Waals surface area contributed by atoms with Crippen molar-refractivity contribution in [3.63, 3.8) is 0 Å². The van der Waals surface area contributed by atoms with Crippen LogP contribution >= 0.6 is 11.3 Å².